The average Bonchev–Trinajstić information content (AvgIpc) is 2.67. The molecule has 0 saturated carbocycles. The van der Waals surface area contributed by atoms with Gasteiger partial charge in [0.1, 0.15) is 12.6 Å². The number of hydrogen-bond donors (Lipinski definition) is 2. The van der Waals surface area contributed by atoms with Crippen molar-refractivity contribution >= 4 is 18.0 Å². The van der Waals surface area contributed by atoms with Crippen LogP contribution in [-0.4, -0.2) is 59.8 Å². The third-order valence-electron chi connectivity index (χ3n) is 4.04. The highest BCUT2D eigenvalue weighted by Gasteiger charge is 2.26. The molecule has 0 bridgehead atoms. The first-order chi connectivity index (χ1) is 13.3. The lowest BCUT2D eigenvalue weighted by molar-refractivity contribution is -0.140. The number of carbonyl (C=O) groups excluding carboxylic acids is 3. The molecule has 1 atom stereocenters. The number of rotatable bonds is 5. The van der Waals surface area contributed by atoms with E-state index in [9.17, 15) is 19.5 Å². The summed E-state index contributed by atoms with van der Waals surface area (Å²) in [5, 5.41) is 12.0. The normalized spacial score (nSPS) is 14.9. The van der Waals surface area contributed by atoms with Crippen molar-refractivity contribution in [3.8, 4) is 0 Å². The lowest BCUT2D eigenvalue weighted by atomic mass is 10.1. The highest BCUT2D eigenvalue weighted by molar-refractivity contribution is 5.85. The summed E-state index contributed by atoms with van der Waals surface area (Å²) < 4.78 is 9.50. The van der Waals surface area contributed by atoms with Gasteiger partial charge >= 0.3 is 12.1 Å². The molecule has 8 nitrogen and oxygen atoms in total. The molecule has 0 aromatic heterocycles. The Balaban J connectivity index is 0.000000568. The number of amides is 2. The van der Waals surface area contributed by atoms with Gasteiger partial charge in [0.15, 0.2) is 0 Å². The van der Waals surface area contributed by atoms with E-state index in [1.807, 2.05) is 30.3 Å². The summed E-state index contributed by atoms with van der Waals surface area (Å²) in [5.41, 5.74) is 0.890. The second-order valence-corrected chi connectivity index (χ2v) is 6.41. The Labute approximate surface area is 165 Å². The summed E-state index contributed by atoms with van der Waals surface area (Å²) in [4.78, 5) is 35.4. The van der Waals surface area contributed by atoms with E-state index in [1.54, 1.807) is 18.7 Å². The molecule has 1 aliphatic heterocycles. The first-order valence-corrected chi connectivity index (χ1v) is 9.40. The number of alkyl carbamates (subject to hydrolysis) is 1. The predicted octanol–water partition coefficient (Wildman–Crippen LogP) is 1.85. The maximum atomic E-state index is 12.2. The van der Waals surface area contributed by atoms with Gasteiger partial charge in [-0.15, -0.1) is 0 Å². The van der Waals surface area contributed by atoms with Crippen LogP contribution in [0.3, 0.4) is 0 Å². The highest BCUT2D eigenvalue weighted by atomic mass is 16.5. The molecule has 1 heterocycles. The van der Waals surface area contributed by atoms with Gasteiger partial charge in [-0.25, -0.2) is 4.79 Å². The molecule has 1 saturated heterocycles. The molecule has 1 aromatic rings. The number of likely N-dealkylation sites (tertiary alicyclic amines) is 1. The van der Waals surface area contributed by atoms with Crippen molar-refractivity contribution in [1.29, 1.82) is 0 Å². The highest BCUT2D eigenvalue weighted by Crippen LogP contribution is 2.11. The minimum Gasteiger partial charge on any atom is -0.466 e. The molecule has 8 heteroatoms. The van der Waals surface area contributed by atoms with E-state index in [4.69, 9.17) is 4.74 Å². The molecule has 1 aliphatic rings. The van der Waals surface area contributed by atoms with Gasteiger partial charge in [-0.1, -0.05) is 30.3 Å². The summed E-state index contributed by atoms with van der Waals surface area (Å²) >= 11 is 0. The zero-order valence-electron chi connectivity index (χ0n) is 16.7. The van der Waals surface area contributed by atoms with E-state index in [-0.39, 0.29) is 24.6 Å². The van der Waals surface area contributed by atoms with Crippen molar-refractivity contribution in [2.75, 3.05) is 19.7 Å². The Bertz CT molecular complexity index is 614. The van der Waals surface area contributed by atoms with E-state index >= 15 is 0 Å². The minimum absolute atomic E-state index is 0.149. The molecule has 1 aromatic carbocycles. The number of benzene rings is 1. The quantitative estimate of drug-likeness (QED) is 0.739. The van der Waals surface area contributed by atoms with Crippen LogP contribution in [-0.2, 0) is 25.7 Å². The van der Waals surface area contributed by atoms with Gasteiger partial charge in [-0.05, 0) is 32.3 Å². The van der Waals surface area contributed by atoms with Gasteiger partial charge in [0.2, 0.25) is 5.91 Å². The molecule has 0 radical (unpaired) electrons. The first-order valence-electron chi connectivity index (χ1n) is 9.40. The zero-order chi connectivity index (χ0) is 20.9. The van der Waals surface area contributed by atoms with E-state index in [2.05, 4.69) is 10.1 Å². The number of esters is 1. The number of nitrogens with one attached hydrogen (secondary N) is 1. The fourth-order valence-corrected chi connectivity index (χ4v) is 2.57. The molecule has 2 rings (SSSR count). The van der Waals surface area contributed by atoms with Gasteiger partial charge in [-0.2, -0.15) is 0 Å². The van der Waals surface area contributed by atoms with Crippen LogP contribution >= 0.6 is 0 Å². The molecular formula is C20H30N2O6. The number of nitrogens with zero attached hydrogens (tertiary/aromatic N) is 1. The van der Waals surface area contributed by atoms with Crippen LogP contribution in [0, 0.1) is 0 Å². The second-order valence-electron chi connectivity index (χ2n) is 6.41. The van der Waals surface area contributed by atoms with Crippen LogP contribution in [0.25, 0.3) is 0 Å². The molecular weight excluding hydrogens is 364 g/mol. The van der Waals surface area contributed by atoms with Crippen molar-refractivity contribution in [2.45, 2.75) is 52.4 Å². The van der Waals surface area contributed by atoms with Crippen molar-refractivity contribution in [3.05, 3.63) is 35.9 Å². The van der Waals surface area contributed by atoms with Crippen molar-refractivity contribution < 1.29 is 29.0 Å². The molecule has 156 valence electrons. The second kappa shape index (κ2) is 12.7. The predicted molar refractivity (Wildman–Crippen MR) is 103 cm³/mol. The maximum Gasteiger partial charge on any atom is 0.408 e. The van der Waals surface area contributed by atoms with E-state index in [0.29, 0.717) is 32.5 Å². The largest absolute Gasteiger partial charge is 0.466 e. The van der Waals surface area contributed by atoms with Gasteiger partial charge in [0, 0.05) is 20.0 Å². The fourth-order valence-electron chi connectivity index (χ4n) is 2.57. The van der Waals surface area contributed by atoms with Crippen LogP contribution in [0.2, 0.25) is 0 Å². The van der Waals surface area contributed by atoms with Gasteiger partial charge in [0.05, 0.1) is 12.7 Å². The van der Waals surface area contributed by atoms with E-state index in [0.717, 1.165) is 5.56 Å². The minimum atomic E-state index is -0.640. The Hall–Kier alpha value is -2.61. The maximum absolute atomic E-state index is 12.2. The van der Waals surface area contributed by atoms with Crippen molar-refractivity contribution in [3.63, 3.8) is 0 Å². The third-order valence-corrected chi connectivity index (χ3v) is 4.04. The summed E-state index contributed by atoms with van der Waals surface area (Å²) in [6.45, 7) is 6.50. The monoisotopic (exact) mass is 394 g/mol. The average molecular weight is 394 g/mol. The third kappa shape index (κ3) is 9.36. The molecule has 2 amide bonds. The topological polar surface area (TPSA) is 105 Å². The molecule has 2 N–H and O–H groups in total. The van der Waals surface area contributed by atoms with Crippen molar-refractivity contribution in [1.82, 2.24) is 10.2 Å². The fraction of sp³-hybridized carbons (Fsp3) is 0.550. The summed E-state index contributed by atoms with van der Waals surface area (Å²) in [6, 6.07) is 8.71. The number of aliphatic hydroxyl groups is 1. The van der Waals surface area contributed by atoms with Crippen LogP contribution in [0.4, 0.5) is 4.79 Å². The number of ether oxygens (including phenoxy) is 2. The Morgan fingerprint density at radius 3 is 2.29 bits per heavy atom. The van der Waals surface area contributed by atoms with Crippen LogP contribution in [0.5, 0.6) is 0 Å². The van der Waals surface area contributed by atoms with Crippen LogP contribution in [0.1, 0.15) is 39.2 Å². The molecule has 0 spiro atoms. The lowest BCUT2D eigenvalue weighted by Gasteiger charge is -2.31. The van der Waals surface area contributed by atoms with Gasteiger partial charge in [-0.3, -0.25) is 9.59 Å². The summed E-state index contributed by atoms with van der Waals surface area (Å²) in [5.74, 6) is -0.360. The van der Waals surface area contributed by atoms with Crippen LogP contribution in [0.15, 0.2) is 30.3 Å². The van der Waals surface area contributed by atoms with E-state index in [1.165, 1.54) is 6.92 Å². The molecule has 0 aliphatic carbocycles. The lowest BCUT2D eigenvalue weighted by Crippen LogP contribution is -2.50. The standard InChI is InChI=1S/C16H22N2O4.C4H8O2/c1-12(15(20)18-9-7-14(19)8-10-18)17-16(21)22-11-13-5-3-2-4-6-13;1-3-6-4(2)5/h2-6,12,14,19H,7-11H2,1H3,(H,17,21);3H2,1-2H3/t12-;/m0./s1. The molecule has 28 heavy (non-hydrogen) atoms. The summed E-state index contributed by atoms with van der Waals surface area (Å²) in [7, 11) is 0. The molecule has 1 fully saturated rings. The first kappa shape index (κ1) is 23.4. The number of piperidine rings is 1. The van der Waals surface area contributed by atoms with Crippen molar-refractivity contribution in [2.24, 2.45) is 0 Å². The van der Waals surface area contributed by atoms with Gasteiger partial charge in [0.25, 0.3) is 0 Å². The Kier molecular flexibility index (Phi) is 10.6. The van der Waals surface area contributed by atoms with Gasteiger partial charge < -0.3 is 24.8 Å². The molecule has 0 unspecified atom stereocenters. The number of aliphatic hydroxyl groups excluding tert-OH is 1. The Morgan fingerprint density at radius 2 is 1.79 bits per heavy atom. The smallest absolute Gasteiger partial charge is 0.408 e. The summed E-state index contributed by atoms with van der Waals surface area (Å²) in [6.07, 6.45) is 0.221. The zero-order valence-corrected chi connectivity index (χ0v) is 16.7. The van der Waals surface area contributed by atoms with Crippen LogP contribution < -0.4 is 5.32 Å². The SMILES string of the molecule is CCOC(C)=O.C[C@H](NC(=O)OCc1ccccc1)C(=O)N1CCC(O)CC1. The Morgan fingerprint density at radius 1 is 1.18 bits per heavy atom. The van der Waals surface area contributed by atoms with E-state index < -0.39 is 12.1 Å². The number of carbonyl (C=O) groups is 3. The number of hydrogen-bond acceptors (Lipinski definition) is 6.